The van der Waals surface area contributed by atoms with Crippen LogP contribution in [0.4, 0.5) is 10.8 Å². The van der Waals surface area contributed by atoms with Gasteiger partial charge < -0.3 is 20.7 Å². The number of thioether (sulfide) groups is 1. The standard InChI is InChI=1S/C37H34N4O4S2/c1-4-33(36(44)41-37-40-32(23-46-37)27-16-10-18-29(20-27)45-3)47-30-19-11-17-28(22-30)38-35(43)31(21-26-15-9-8-12-24(26)2)39-34(42)25-13-6-5-7-14-25/h5-23,33H,4H2,1-3H3,(H,38,43)(H,39,42)(H,40,41,44)/b31-21-. The van der Waals surface area contributed by atoms with Gasteiger partial charge in [0.15, 0.2) is 5.13 Å². The zero-order chi connectivity index (χ0) is 33.2. The van der Waals surface area contributed by atoms with E-state index in [2.05, 4.69) is 20.9 Å². The summed E-state index contributed by atoms with van der Waals surface area (Å²) in [6.07, 6.45) is 2.25. The number of nitrogens with one attached hydrogen (secondary N) is 3. The summed E-state index contributed by atoms with van der Waals surface area (Å²) in [6, 6.07) is 31.2. The van der Waals surface area contributed by atoms with Crippen molar-refractivity contribution < 1.29 is 19.1 Å². The predicted octanol–water partition coefficient (Wildman–Crippen LogP) is 8.05. The van der Waals surface area contributed by atoms with Crippen molar-refractivity contribution in [1.29, 1.82) is 0 Å². The topological polar surface area (TPSA) is 109 Å². The summed E-state index contributed by atoms with van der Waals surface area (Å²) >= 11 is 2.76. The molecule has 0 saturated heterocycles. The maximum atomic E-state index is 13.6. The van der Waals surface area contributed by atoms with Gasteiger partial charge in [-0.2, -0.15) is 0 Å². The largest absolute Gasteiger partial charge is 0.497 e. The normalized spacial score (nSPS) is 11.8. The van der Waals surface area contributed by atoms with Gasteiger partial charge in [-0.25, -0.2) is 4.98 Å². The Hall–Kier alpha value is -5.19. The summed E-state index contributed by atoms with van der Waals surface area (Å²) in [4.78, 5) is 45.2. The van der Waals surface area contributed by atoms with Gasteiger partial charge >= 0.3 is 0 Å². The summed E-state index contributed by atoms with van der Waals surface area (Å²) in [6.45, 7) is 3.89. The second kappa shape index (κ2) is 15.9. The molecular weight excluding hydrogens is 629 g/mol. The number of hydrogen-bond donors (Lipinski definition) is 3. The van der Waals surface area contributed by atoms with Crippen LogP contribution in [-0.4, -0.2) is 35.1 Å². The molecule has 8 nitrogen and oxygen atoms in total. The van der Waals surface area contributed by atoms with Crippen molar-refractivity contribution in [3.8, 4) is 17.0 Å². The minimum Gasteiger partial charge on any atom is -0.497 e. The average molecular weight is 663 g/mol. The zero-order valence-corrected chi connectivity index (χ0v) is 27.8. The highest BCUT2D eigenvalue weighted by molar-refractivity contribution is 8.00. The lowest BCUT2D eigenvalue weighted by molar-refractivity contribution is -0.116. The van der Waals surface area contributed by atoms with Gasteiger partial charge in [0.2, 0.25) is 5.91 Å². The Labute approximate surface area is 282 Å². The molecule has 1 unspecified atom stereocenters. The minimum atomic E-state index is -0.472. The SMILES string of the molecule is CCC(Sc1cccc(NC(=O)/C(=C/c2ccccc2C)NC(=O)c2ccccc2)c1)C(=O)Nc1nc(-c2cccc(OC)c2)cs1. The highest BCUT2D eigenvalue weighted by atomic mass is 32.2. The average Bonchev–Trinajstić information content (AvgIpc) is 3.56. The lowest BCUT2D eigenvalue weighted by Crippen LogP contribution is -2.30. The molecule has 4 aromatic carbocycles. The van der Waals surface area contributed by atoms with Crippen LogP contribution in [0.3, 0.4) is 0 Å². The number of carbonyl (C=O) groups excluding carboxylic acids is 3. The fourth-order valence-corrected chi connectivity index (χ4v) is 6.35. The number of hydrogen-bond acceptors (Lipinski definition) is 7. The van der Waals surface area contributed by atoms with Crippen molar-refractivity contribution >= 4 is 57.7 Å². The number of methoxy groups -OCH3 is 1. The smallest absolute Gasteiger partial charge is 0.272 e. The van der Waals surface area contributed by atoms with Gasteiger partial charge in [-0.05, 0) is 73.0 Å². The maximum absolute atomic E-state index is 13.6. The lowest BCUT2D eigenvalue weighted by Gasteiger charge is -2.15. The van der Waals surface area contributed by atoms with Crippen LogP contribution in [0.15, 0.2) is 119 Å². The third-order valence-corrected chi connectivity index (χ3v) is 9.27. The summed E-state index contributed by atoms with van der Waals surface area (Å²) in [5.41, 5.74) is 4.50. The molecule has 5 aromatic rings. The van der Waals surface area contributed by atoms with E-state index in [-0.39, 0.29) is 11.6 Å². The monoisotopic (exact) mass is 662 g/mol. The zero-order valence-electron chi connectivity index (χ0n) is 26.2. The molecule has 1 heterocycles. The van der Waals surface area contributed by atoms with Gasteiger partial charge in [0, 0.05) is 27.1 Å². The number of thiazole rings is 1. The first-order valence-electron chi connectivity index (χ1n) is 15.0. The second-order valence-corrected chi connectivity index (χ2v) is 12.6. The van der Waals surface area contributed by atoms with Crippen LogP contribution in [-0.2, 0) is 9.59 Å². The Balaban J connectivity index is 1.27. The fraction of sp³-hybridized carbons (Fsp3) is 0.135. The van der Waals surface area contributed by atoms with E-state index in [0.29, 0.717) is 22.8 Å². The molecule has 1 aromatic heterocycles. The van der Waals surface area contributed by atoms with Crippen molar-refractivity contribution in [1.82, 2.24) is 10.3 Å². The lowest BCUT2D eigenvalue weighted by atomic mass is 10.1. The molecule has 0 radical (unpaired) electrons. The van der Waals surface area contributed by atoms with Crippen LogP contribution in [0.1, 0.15) is 34.8 Å². The van der Waals surface area contributed by atoms with E-state index in [4.69, 9.17) is 4.74 Å². The molecule has 0 aliphatic rings. The Morgan fingerprint density at radius 2 is 1.68 bits per heavy atom. The molecule has 0 bridgehead atoms. The molecule has 0 fully saturated rings. The summed E-state index contributed by atoms with van der Waals surface area (Å²) in [7, 11) is 1.62. The number of aromatic nitrogens is 1. The molecule has 1 atom stereocenters. The van der Waals surface area contributed by atoms with E-state index < -0.39 is 17.1 Å². The van der Waals surface area contributed by atoms with Gasteiger partial charge in [0.25, 0.3) is 11.8 Å². The number of nitrogens with zero attached hydrogens (tertiary/aromatic N) is 1. The Bertz CT molecular complexity index is 1910. The van der Waals surface area contributed by atoms with E-state index in [1.165, 1.54) is 23.1 Å². The molecule has 3 N–H and O–H groups in total. The molecular formula is C37H34N4O4S2. The van der Waals surface area contributed by atoms with Crippen LogP contribution < -0.4 is 20.7 Å². The summed E-state index contributed by atoms with van der Waals surface area (Å²) < 4.78 is 5.31. The van der Waals surface area contributed by atoms with Gasteiger partial charge in [-0.1, -0.05) is 67.6 Å². The molecule has 47 heavy (non-hydrogen) atoms. The third kappa shape index (κ3) is 8.96. The van der Waals surface area contributed by atoms with Gasteiger partial charge in [0.05, 0.1) is 18.1 Å². The van der Waals surface area contributed by atoms with Crippen molar-refractivity contribution in [2.24, 2.45) is 0 Å². The molecule has 3 amide bonds. The quantitative estimate of drug-likeness (QED) is 0.0922. The molecule has 238 valence electrons. The number of benzene rings is 4. The predicted molar refractivity (Wildman–Crippen MR) is 191 cm³/mol. The van der Waals surface area contributed by atoms with Crippen molar-refractivity contribution in [2.75, 3.05) is 17.7 Å². The van der Waals surface area contributed by atoms with E-state index >= 15 is 0 Å². The summed E-state index contributed by atoms with van der Waals surface area (Å²) in [5.74, 6) is -0.291. The van der Waals surface area contributed by atoms with E-state index in [1.807, 2.05) is 92.0 Å². The molecule has 0 saturated carbocycles. The van der Waals surface area contributed by atoms with Crippen LogP contribution in [0.2, 0.25) is 0 Å². The number of carbonyl (C=O) groups is 3. The number of anilines is 2. The maximum Gasteiger partial charge on any atom is 0.272 e. The van der Waals surface area contributed by atoms with Crippen LogP contribution in [0.5, 0.6) is 5.75 Å². The first-order chi connectivity index (χ1) is 22.8. The molecule has 0 aliphatic heterocycles. The summed E-state index contributed by atoms with van der Waals surface area (Å²) in [5, 5.41) is 10.7. The third-order valence-electron chi connectivity index (χ3n) is 7.15. The van der Waals surface area contributed by atoms with E-state index in [1.54, 1.807) is 43.5 Å². The first kappa shape index (κ1) is 33.2. The number of rotatable bonds is 12. The Kier molecular flexibility index (Phi) is 11.2. The molecule has 10 heteroatoms. The van der Waals surface area contributed by atoms with Crippen molar-refractivity contribution in [2.45, 2.75) is 30.4 Å². The second-order valence-electron chi connectivity index (χ2n) is 10.5. The minimum absolute atomic E-state index is 0.105. The number of amides is 3. The Morgan fingerprint density at radius 3 is 2.45 bits per heavy atom. The highest BCUT2D eigenvalue weighted by Crippen LogP contribution is 2.31. The number of aryl methyl sites for hydroxylation is 1. The van der Waals surface area contributed by atoms with Gasteiger partial charge in [-0.3, -0.25) is 14.4 Å². The van der Waals surface area contributed by atoms with Crippen molar-refractivity contribution in [3.05, 3.63) is 131 Å². The molecule has 0 spiro atoms. The first-order valence-corrected chi connectivity index (χ1v) is 16.7. The van der Waals surface area contributed by atoms with E-state index in [9.17, 15) is 14.4 Å². The van der Waals surface area contributed by atoms with Gasteiger partial charge in [0.1, 0.15) is 11.4 Å². The molecule has 0 aliphatic carbocycles. The van der Waals surface area contributed by atoms with Crippen LogP contribution >= 0.6 is 23.1 Å². The number of ether oxygens (including phenoxy) is 1. The van der Waals surface area contributed by atoms with Gasteiger partial charge in [-0.15, -0.1) is 23.1 Å². The van der Waals surface area contributed by atoms with Crippen molar-refractivity contribution in [3.63, 3.8) is 0 Å². The van der Waals surface area contributed by atoms with Crippen LogP contribution in [0, 0.1) is 6.92 Å². The van der Waals surface area contributed by atoms with E-state index in [0.717, 1.165) is 33.0 Å². The van der Waals surface area contributed by atoms with Crippen LogP contribution in [0.25, 0.3) is 17.3 Å². The fourth-order valence-electron chi connectivity index (χ4n) is 4.61. The Morgan fingerprint density at radius 1 is 0.915 bits per heavy atom. The highest BCUT2D eigenvalue weighted by Gasteiger charge is 2.21. The molecule has 5 rings (SSSR count).